The Morgan fingerprint density at radius 2 is 0.688 bits per heavy atom. The van der Waals surface area contributed by atoms with Gasteiger partial charge in [-0.1, -0.05) is 151 Å². The summed E-state index contributed by atoms with van der Waals surface area (Å²) in [6.07, 6.45) is 15.5. The maximum Gasteiger partial charge on any atom is 0.343 e. The van der Waals surface area contributed by atoms with Gasteiger partial charge in [-0.25, -0.2) is 9.59 Å². The summed E-state index contributed by atoms with van der Waals surface area (Å²) in [4.78, 5) is 26.9. The van der Waals surface area contributed by atoms with E-state index in [2.05, 4.69) is 41.5 Å². The number of carbonyl (C=O) groups is 2. The van der Waals surface area contributed by atoms with Crippen LogP contribution in [0.25, 0.3) is 22.3 Å². The van der Waals surface area contributed by atoms with Crippen molar-refractivity contribution in [2.75, 3.05) is 26.4 Å². The fraction of sp³-hybridized carbons (Fsp3) is 0.441. The second-order valence-corrected chi connectivity index (χ2v) is 20.8. The van der Waals surface area contributed by atoms with E-state index >= 15 is 0 Å². The zero-order valence-corrected chi connectivity index (χ0v) is 47.4. The van der Waals surface area contributed by atoms with Crippen LogP contribution in [0.1, 0.15) is 177 Å². The Balaban J connectivity index is 1.09. The van der Waals surface area contributed by atoms with Crippen LogP contribution < -0.4 is 18.9 Å². The van der Waals surface area contributed by atoms with Crippen molar-refractivity contribution in [2.45, 2.75) is 169 Å². The molecular weight excluding hydrogens is 961 g/mol. The van der Waals surface area contributed by atoms with Crippen LogP contribution in [-0.4, -0.2) is 50.6 Å². The highest BCUT2D eigenvalue weighted by molar-refractivity contribution is 5.92. The van der Waals surface area contributed by atoms with Gasteiger partial charge < -0.3 is 33.2 Å². The van der Waals surface area contributed by atoms with Crippen molar-refractivity contribution >= 4 is 11.9 Å². The Bertz CT molecular complexity index is 2440. The molecule has 4 atom stereocenters. The number of rotatable bonds is 34. The number of carbonyl (C=O) groups excluding carboxylic acids is 2. The quantitative estimate of drug-likeness (QED) is 0.0222. The molecule has 412 valence electrons. The normalized spacial score (nSPS) is 13.7. The van der Waals surface area contributed by atoms with Crippen molar-refractivity contribution in [3.63, 3.8) is 0 Å². The molecule has 0 aliphatic carbocycles. The van der Waals surface area contributed by atoms with Gasteiger partial charge in [-0.2, -0.15) is 0 Å². The molecule has 9 nitrogen and oxygen atoms in total. The third-order valence-electron chi connectivity index (χ3n) is 14.2. The van der Waals surface area contributed by atoms with E-state index in [0.29, 0.717) is 48.7 Å². The molecule has 0 bridgehead atoms. The molecule has 6 rings (SSSR count). The van der Waals surface area contributed by atoms with Gasteiger partial charge in [0, 0.05) is 26.1 Å². The molecule has 0 aliphatic heterocycles. The van der Waals surface area contributed by atoms with E-state index in [4.69, 9.17) is 33.2 Å². The van der Waals surface area contributed by atoms with Gasteiger partial charge in [0.15, 0.2) is 0 Å². The lowest BCUT2D eigenvalue weighted by molar-refractivity contribution is -0.182. The first-order valence-electron chi connectivity index (χ1n) is 28.6. The van der Waals surface area contributed by atoms with Crippen molar-refractivity contribution in [1.82, 2.24) is 0 Å². The molecule has 0 heterocycles. The van der Waals surface area contributed by atoms with Gasteiger partial charge in [0.25, 0.3) is 0 Å². The Labute approximate surface area is 461 Å². The van der Waals surface area contributed by atoms with E-state index in [1.165, 1.54) is 64.2 Å². The second-order valence-electron chi connectivity index (χ2n) is 20.8. The summed E-state index contributed by atoms with van der Waals surface area (Å²) in [6, 6.07) is 46.2. The zero-order chi connectivity index (χ0) is 54.9. The average molecular weight is 1050 g/mol. The molecule has 6 aromatic rings. The molecule has 0 N–H and O–H groups in total. The fourth-order valence-corrected chi connectivity index (χ4v) is 10.0. The molecule has 6 aromatic carbocycles. The Kier molecular flexibility index (Phi) is 24.3. The van der Waals surface area contributed by atoms with Crippen molar-refractivity contribution in [1.29, 1.82) is 0 Å². The van der Waals surface area contributed by atoms with E-state index in [-0.39, 0.29) is 12.2 Å². The summed E-state index contributed by atoms with van der Waals surface area (Å²) in [5, 5.41) is 0. The van der Waals surface area contributed by atoms with Crippen LogP contribution in [0.4, 0.5) is 0 Å². The first-order valence-corrected chi connectivity index (χ1v) is 28.6. The molecule has 9 heteroatoms. The molecule has 0 fully saturated rings. The molecule has 0 radical (unpaired) electrons. The molecule has 0 saturated heterocycles. The number of benzene rings is 6. The van der Waals surface area contributed by atoms with E-state index < -0.39 is 23.1 Å². The van der Waals surface area contributed by atoms with Crippen LogP contribution >= 0.6 is 0 Å². The fourth-order valence-electron chi connectivity index (χ4n) is 10.0. The third-order valence-corrected chi connectivity index (χ3v) is 14.2. The summed E-state index contributed by atoms with van der Waals surface area (Å²) >= 11 is 0. The highest BCUT2D eigenvalue weighted by atomic mass is 16.5. The lowest BCUT2D eigenvalue weighted by Crippen LogP contribution is -2.41. The van der Waals surface area contributed by atoms with Gasteiger partial charge in [0.1, 0.15) is 23.0 Å². The summed E-state index contributed by atoms with van der Waals surface area (Å²) in [6.45, 7) is 19.3. The molecule has 0 amide bonds. The van der Waals surface area contributed by atoms with E-state index in [0.717, 1.165) is 70.9 Å². The van der Waals surface area contributed by atoms with Crippen LogP contribution in [0.15, 0.2) is 146 Å². The van der Waals surface area contributed by atoms with E-state index in [1.54, 1.807) is 24.3 Å². The summed E-state index contributed by atoms with van der Waals surface area (Å²) in [5.74, 6) is 1.67. The van der Waals surface area contributed by atoms with Crippen LogP contribution in [0.5, 0.6) is 23.0 Å². The predicted molar refractivity (Wildman–Crippen MR) is 311 cm³/mol. The van der Waals surface area contributed by atoms with Crippen molar-refractivity contribution in [3.8, 4) is 45.3 Å². The van der Waals surface area contributed by atoms with E-state index in [9.17, 15) is 9.59 Å². The van der Waals surface area contributed by atoms with Gasteiger partial charge >= 0.3 is 11.9 Å². The summed E-state index contributed by atoms with van der Waals surface area (Å²) in [5.41, 5.74) is 5.02. The molecule has 0 aromatic heterocycles. The number of ether oxygens (including phenoxy) is 7. The van der Waals surface area contributed by atoms with Crippen LogP contribution in [0, 0.1) is 0 Å². The highest BCUT2D eigenvalue weighted by Crippen LogP contribution is 2.43. The topological polar surface area (TPSA) is 98.8 Å². The summed E-state index contributed by atoms with van der Waals surface area (Å²) in [7, 11) is 0. The summed E-state index contributed by atoms with van der Waals surface area (Å²) < 4.78 is 43.4. The van der Waals surface area contributed by atoms with Gasteiger partial charge in [-0.05, 0) is 161 Å². The van der Waals surface area contributed by atoms with Crippen molar-refractivity contribution in [2.24, 2.45) is 0 Å². The Morgan fingerprint density at radius 3 is 1.01 bits per heavy atom. The maximum absolute atomic E-state index is 13.5. The molecule has 77 heavy (non-hydrogen) atoms. The minimum absolute atomic E-state index is 0.143. The Morgan fingerprint density at radius 1 is 0.390 bits per heavy atom. The maximum atomic E-state index is 13.5. The van der Waals surface area contributed by atoms with Crippen LogP contribution in [0.3, 0.4) is 0 Å². The van der Waals surface area contributed by atoms with Gasteiger partial charge in [0.2, 0.25) is 0 Å². The van der Waals surface area contributed by atoms with Crippen LogP contribution in [0.2, 0.25) is 0 Å². The zero-order valence-electron chi connectivity index (χ0n) is 47.4. The largest absolute Gasteiger partial charge is 0.494 e. The number of hydrogen-bond acceptors (Lipinski definition) is 9. The SMILES string of the molecule is CCCCCCCCOc1ccc(-c2ccc(C(=O)Oc3ccc(C(C)(CC(C)OCC)OC(C)(CC(C)OCC)c4ccc(OC(=O)c5ccc(-c6ccc(OCCCCCCCC)cc6)cc5)cc4)cc3)cc2)cc1. The number of esters is 2. The molecular formula is C68H86O9. The smallest absolute Gasteiger partial charge is 0.343 e. The van der Waals surface area contributed by atoms with E-state index in [1.807, 2.05) is 135 Å². The Hall–Kier alpha value is -6.26. The predicted octanol–water partition coefficient (Wildman–Crippen LogP) is 17.7. The van der Waals surface area contributed by atoms with Crippen LogP contribution in [-0.2, 0) is 25.4 Å². The standard InChI is InChI=1S/C68H86O9/c1-9-13-15-17-19-21-47-73-61-39-31-55(32-40-61)53-23-27-57(28-24-53)65(69)75-63-43-35-59(36-44-63)67(7,49-51(5)71-11-3)77-68(8,50-52(6)72-12-4)60-37-45-64(46-38-60)76-66(70)58-29-25-54(26-30-58)56-33-41-62(42-34-56)74-48-22-20-18-16-14-10-2/h23-46,51-52H,9-22,47-50H2,1-8H3. The molecule has 0 saturated carbocycles. The van der Waals surface area contributed by atoms with Crippen molar-refractivity contribution < 1.29 is 42.7 Å². The monoisotopic (exact) mass is 1050 g/mol. The molecule has 4 unspecified atom stereocenters. The lowest BCUT2D eigenvalue weighted by atomic mass is 9.85. The lowest BCUT2D eigenvalue weighted by Gasteiger charge is -2.43. The highest BCUT2D eigenvalue weighted by Gasteiger charge is 2.41. The first-order chi connectivity index (χ1) is 37.3. The molecule has 0 spiro atoms. The second kappa shape index (κ2) is 31.2. The first kappa shape index (κ1) is 60.0. The average Bonchev–Trinajstić information content (AvgIpc) is 3.44. The van der Waals surface area contributed by atoms with Crippen molar-refractivity contribution in [3.05, 3.63) is 168 Å². The third kappa shape index (κ3) is 19.0. The van der Waals surface area contributed by atoms with Gasteiger partial charge in [-0.3, -0.25) is 0 Å². The molecule has 0 aliphatic rings. The minimum Gasteiger partial charge on any atom is -0.494 e. The minimum atomic E-state index is -0.869. The number of hydrogen-bond donors (Lipinski definition) is 0. The van der Waals surface area contributed by atoms with Gasteiger partial charge in [0.05, 0.1) is 47.8 Å². The van der Waals surface area contributed by atoms with Gasteiger partial charge in [-0.15, -0.1) is 0 Å². The number of unbranched alkanes of at least 4 members (excludes halogenated alkanes) is 10.